The zero-order valence-electron chi connectivity index (χ0n) is 15.2. The first-order chi connectivity index (χ1) is 12.5. The third kappa shape index (κ3) is 5.10. The largest absolute Gasteiger partial charge is 0.497 e. The van der Waals surface area contributed by atoms with Crippen LogP contribution in [0.2, 0.25) is 0 Å². The zero-order chi connectivity index (χ0) is 19.1. The van der Waals surface area contributed by atoms with Gasteiger partial charge in [-0.3, -0.25) is 20.4 Å². The van der Waals surface area contributed by atoms with Crippen molar-refractivity contribution in [1.82, 2.24) is 10.9 Å². The van der Waals surface area contributed by atoms with Gasteiger partial charge in [-0.1, -0.05) is 6.92 Å². The summed E-state index contributed by atoms with van der Waals surface area (Å²) in [6, 6.07) is 7.10. The van der Waals surface area contributed by atoms with Crippen molar-refractivity contribution in [2.45, 2.75) is 20.3 Å². The van der Waals surface area contributed by atoms with E-state index in [1.165, 1.54) is 17.4 Å². The number of aryl methyl sites for hydroxylation is 2. The predicted octanol–water partition coefficient (Wildman–Crippen LogP) is 3.11. The topological polar surface area (TPSA) is 76.7 Å². The van der Waals surface area contributed by atoms with E-state index >= 15 is 0 Å². The Labute approximate surface area is 156 Å². The van der Waals surface area contributed by atoms with E-state index in [4.69, 9.17) is 9.47 Å². The van der Waals surface area contributed by atoms with Gasteiger partial charge in [0.05, 0.1) is 19.1 Å². The van der Waals surface area contributed by atoms with Crippen molar-refractivity contribution in [2.75, 3.05) is 14.2 Å². The molecule has 138 valence electrons. The van der Waals surface area contributed by atoms with Crippen LogP contribution in [0.4, 0.5) is 0 Å². The first kappa shape index (κ1) is 19.5. The Morgan fingerprint density at radius 1 is 1.08 bits per heavy atom. The number of hydrazine groups is 1. The maximum Gasteiger partial charge on any atom is 0.279 e. The number of thiophene rings is 1. The second kappa shape index (κ2) is 9.05. The maximum atomic E-state index is 12.1. The standard InChI is InChI=1S/C19H22N2O4S/c1-5-16-12(2)8-17(26-16)19(23)21-20-18(22)7-6-13-9-14(24-3)11-15(10-13)25-4/h6-11H,5H2,1-4H3,(H,20,22)(H,21,23)/b7-6+. The van der Waals surface area contributed by atoms with Crippen molar-refractivity contribution in [3.05, 3.63) is 51.2 Å². The molecule has 1 aromatic carbocycles. The molecule has 0 atom stereocenters. The Balaban J connectivity index is 1.95. The lowest BCUT2D eigenvalue weighted by Gasteiger charge is -2.06. The minimum atomic E-state index is -0.441. The predicted molar refractivity (Wildman–Crippen MR) is 103 cm³/mol. The Morgan fingerprint density at radius 3 is 2.27 bits per heavy atom. The molecule has 6 nitrogen and oxygen atoms in total. The molecule has 2 aromatic rings. The Morgan fingerprint density at radius 2 is 1.73 bits per heavy atom. The van der Waals surface area contributed by atoms with E-state index in [0.717, 1.165) is 22.4 Å². The minimum Gasteiger partial charge on any atom is -0.497 e. The van der Waals surface area contributed by atoms with Crippen LogP contribution in [0.5, 0.6) is 11.5 Å². The molecular formula is C19H22N2O4S. The van der Waals surface area contributed by atoms with Gasteiger partial charge in [0.25, 0.3) is 11.8 Å². The van der Waals surface area contributed by atoms with Gasteiger partial charge in [0.1, 0.15) is 11.5 Å². The first-order valence-electron chi connectivity index (χ1n) is 8.07. The highest BCUT2D eigenvalue weighted by Crippen LogP contribution is 2.23. The summed E-state index contributed by atoms with van der Waals surface area (Å²) in [5, 5.41) is 0. The molecule has 0 unspecified atom stereocenters. The van der Waals surface area contributed by atoms with Gasteiger partial charge in [-0.05, 0) is 48.7 Å². The Hall–Kier alpha value is -2.80. The lowest BCUT2D eigenvalue weighted by Crippen LogP contribution is -2.40. The number of hydrogen-bond donors (Lipinski definition) is 2. The molecule has 2 rings (SSSR count). The fraction of sp³-hybridized carbons (Fsp3) is 0.263. The maximum absolute atomic E-state index is 12.1. The molecule has 0 saturated heterocycles. The van der Waals surface area contributed by atoms with Crippen LogP contribution in [0.25, 0.3) is 6.08 Å². The number of hydrogen-bond acceptors (Lipinski definition) is 5. The average Bonchev–Trinajstić information content (AvgIpc) is 3.04. The molecule has 7 heteroatoms. The molecule has 2 N–H and O–H groups in total. The number of amides is 2. The van der Waals surface area contributed by atoms with Crippen LogP contribution in [-0.4, -0.2) is 26.0 Å². The number of carbonyl (C=O) groups is 2. The number of benzene rings is 1. The highest BCUT2D eigenvalue weighted by Gasteiger charge is 2.11. The van der Waals surface area contributed by atoms with Crippen LogP contribution in [0.1, 0.15) is 32.6 Å². The van der Waals surface area contributed by atoms with Crippen molar-refractivity contribution in [3.8, 4) is 11.5 Å². The van der Waals surface area contributed by atoms with Crippen molar-refractivity contribution in [2.24, 2.45) is 0 Å². The first-order valence-corrected chi connectivity index (χ1v) is 8.89. The molecular weight excluding hydrogens is 352 g/mol. The van der Waals surface area contributed by atoms with E-state index in [9.17, 15) is 9.59 Å². The van der Waals surface area contributed by atoms with Gasteiger partial charge in [-0.2, -0.15) is 0 Å². The summed E-state index contributed by atoms with van der Waals surface area (Å²) in [4.78, 5) is 25.7. The van der Waals surface area contributed by atoms with Crippen LogP contribution in [0.3, 0.4) is 0 Å². The SMILES string of the molecule is CCc1sc(C(=O)NNC(=O)/C=C/c2cc(OC)cc(OC)c2)cc1C. The molecule has 0 saturated carbocycles. The van der Waals surface area contributed by atoms with Crippen LogP contribution in [0, 0.1) is 6.92 Å². The van der Waals surface area contributed by atoms with Gasteiger partial charge >= 0.3 is 0 Å². The third-order valence-electron chi connectivity index (χ3n) is 3.67. The number of rotatable bonds is 6. The van der Waals surface area contributed by atoms with Gasteiger partial charge < -0.3 is 9.47 Å². The molecule has 0 aliphatic carbocycles. The quantitative estimate of drug-likeness (QED) is 0.602. The van der Waals surface area contributed by atoms with E-state index in [0.29, 0.717) is 16.4 Å². The number of nitrogens with one attached hydrogen (secondary N) is 2. The summed E-state index contributed by atoms with van der Waals surface area (Å²) < 4.78 is 10.4. The lowest BCUT2D eigenvalue weighted by molar-refractivity contribution is -0.117. The lowest BCUT2D eigenvalue weighted by atomic mass is 10.2. The summed E-state index contributed by atoms with van der Waals surface area (Å²) in [6.07, 6.45) is 3.81. The molecule has 0 spiro atoms. The van der Waals surface area contributed by atoms with Crippen LogP contribution < -0.4 is 20.3 Å². The van der Waals surface area contributed by atoms with Crippen molar-refractivity contribution in [1.29, 1.82) is 0 Å². The van der Waals surface area contributed by atoms with Crippen molar-refractivity contribution in [3.63, 3.8) is 0 Å². The summed E-state index contributed by atoms with van der Waals surface area (Å²) in [5.74, 6) is 0.474. The van der Waals surface area contributed by atoms with Crippen molar-refractivity contribution < 1.29 is 19.1 Å². The third-order valence-corrected chi connectivity index (χ3v) is 5.05. The molecule has 26 heavy (non-hydrogen) atoms. The normalized spacial score (nSPS) is 10.6. The molecule has 0 radical (unpaired) electrons. The van der Waals surface area contributed by atoms with Gasteiger partial charge in [0.2, 0.25) is 0 Å². The smallest absolute Gasteiger partial charge is 0.279 e. The second-order valence-electron chi connectivity index (χ2n) is 5.49. The molecule has 0 aliphatic heterocycles. The fourth-order valence-corrected chi connectivity index (χ4v) is 3.31. The summed E-state index contributed by atoms with van der Waals surface area (Å²) >= 11 is 1.43. The molecule has 0 fully saturated rings. The van der Waals surface area contributed by atoms with Crippen LogP contribution in [0.15, 0.2) is 30.3 Å². The monoisotopic (exact) mass is 374 g/mol. The van der Waals surface area contributed by atoms with Gasteiger partial charge in [0, 0.05) is 17.0 Å². The minimum absolute atomic E-state index is 0.331. The van der Waals surface area contributed by atoms with E-state index in [-0.39, 0.29) is 5.91 Å². The van der Waals surface area contributed by atoms with Gasteiger partial charge in [-0.15, -0.1) is 11.3 Å². The van der Waals surface area contributed by atoms with E-state index in [2.05, 4.69) is 10.9 Å². The fourth-order valence-electron chi connectivity index (χ4n) is 2.30. The number of methoxy groups -OCH3 is 2. The van der Waals surface area contributed by atoms with Crippen LogP contribution >= 0.6 is 11.3 Å². The second-order valence-corrected chi connectivity index (χ2v) is 6.63. The summed E-state index contributed by atoms with van der Waals surface area (Å²) in [5.41, 5.74) is 6.61. The van der Waals surface area contributed by atoms with E-state index in [1.807, 2.05) is 19.9 Å². The molecule has 1 heterocycles. The van der Waals surface area contributed by atoms with Gasteiger partial charge in [0.15, 0.2) is 0 Å². The molecule has 0 aliphatic rings. The van der Waals surface area contributed by atoms with E-state index in [1.54, 1.807) is 38.5 Å². The zero-order valence-corrected chi connectivity index (χ0v) is 16.0. The summed E-state index contributed by atoms with van der Waals surface area (Å²) in [7, 11) is 3.11. The molecule has 1 aromatic heterocycles. The number of carbonyl (C=O) groups excluding carboxylic acids is 2. The summed E-state index contributed by atoms with van der Waals surface area (Å²) in [6.45, 7) is 4.01. The Bertz CT molecular complexity index is 805. The highest BCUT2D eigenvalue weighted by atomic mass is 32.1. The van der Waals surface area contributed by atoms with Gasteiger partial charge in [-0.25, -0.2) is 0 Å². The van der Waals surface area contributed by atoms with Crippen LogP contribution in [-0.2, 0) is 11.2 Å². The van der Waals surface area contributed by atoms with E-state index < -0.39 is 5.91 Å². The Kier molecular flexibility index (Phi) is 6.80. The average molecular weight is 374 g/mol. The molecule has 0 bridgehead atoms. The highest BCUT2D eigenvalue weighted by molar-refractivity contribution is 7.14. The number of ether oxygens (including phenoxy) is 2. The van der Waals surface area contributed by atoms with Crippen molar-refractivity contribution >= 4 is 29.2 Å². The molecule has 2 amide bonds.